The zero-order chi connectivity index (χ0) is 11.8. The zero-order valence-corrected chi connectivity index (χ0v) is 10.4. The highest BCUT2D eigenvalue weighted by molar-refractivity contribution is 6.16. The predicted molar refractivity (Wildman–Crippen MR) is 66.3 cm³/mol. The molecule has 3 rings (SSSR count). The Hall–Kier alpha value is -1.13. The summed E-state index contributed by atoms with van der Waals surface area (Å²) in [6.07, 6.45) is 1.00. The van der Waals surface area contributed by atoms with Crippen LogP contribution in [0.5, 0.6) is 0 Å². The molecule has 17 heavy (non-hydrogen) atoms. The van der Waals surface area contributed by atoms with Gasteiger partial charge in [0.1, 0.15) is 11.3 Å². The molecule has 0 saturated carbocycles. The van der Waals surface area contributed by atoms with Gasteiger partial charge in [0, 0.05) is 12.3 Å². The van der Waals surface area contributed by atoms with Crippen LogP contribution in [0.25, 0.3) is 11.2 Å². The summed E-state index contributed by atoms with van der Waals surface area (Å²) in [7, 11) is 0. The molecular weight excluding hydrogens is 238 g/mol. The fourth-order valence-electron chi connectivity index (χ4n) is 2.32. The second-order valence-corrected chi connectivity index (χ2v) is 4.61. The first-order valence-corrected chi connectivity index (χ1v) is 6.31. The SMILES string of the molecule is Cc1ccc2nc(CCl)n(C3CCOC3)c2n1. The van der Waals surface area contributed by atoms with Crippen molar-refractivity contribution in [1.29, 1.82) is 0 Å². The van der Waals surface area contributed by atoms with Gasteiger partial charge in [0.15, 0.2) is 5.65 Å². The van der Waals surface area contributed by atoms with E-state index in [1.165, 1.54) is 0 Å². The Kier molecular flexibility index (Phi) is 2.76. The monoisotopic (exact) mass is 251 g/mol. The van der Waals surface area contributed by atoms with E-state index >= 15 is 0 Å². The molecule has 90 valence electrons. The fraction of sp³-hybridized carbons (Fsp3) is 0.500. The van der Waals surface area contributed by atoms with Crippen molar-refractivity contribution < 1.29 is 4.74 Å². The van der Waals surface area contributed by atoms with Gasteiger partial charge < -0.3 is 9.30 Å². The van der Waals surface area contributed by atoms with Gasteiger partial charge in [-0.05, 0) is 25.5 Å². The highest BCUT2D eigenvalue weighted by Gasteiger charge is 2.23. The Bertz CT molecular complexity index is 546. The van der Waals surface area contributed by atoms with Gasteiger partial charge in [0.2, 0.25) is 0 Å². The van der Waals surface area contributed by atoms with E-state index in [-0.39, 0.29) is 0 Å². The number of aromatic nitrogens is 3. The number of rotatable bonds is 2. The number of aryl methyl sites for hydroxylation is 1. The summed E-state index contributed by atoms with van der Waals surface area (Å²) in [6, 6.07) is 4.30. The Balaban J connectivity index is 2.20. The van der Waals surface area contributed by atoms with Crippen LogP contribution in [-0.2, 0) is 10.6 Å². The third-order valence-corrected chi connectivity index (χ3v) is 3.38. The maximum absolute atomic E-state index is 5.97. The van der Waals surface area contributed by atoms with Crippen LogP contribution in [0.4, 0.5) is 0 Å². The lowest BCUT2D eigenvalue weighted by atomic mass is 10.2. The smallest absolute Gasteiger partial charge is 0.160 e. The first-order valence-electron chi connectivity index (χ1n) is 5.78. The van der Waals surface area contributed by atoms with Crippen molar-refractivity contribution >= 4 is 22.8 Å². The minimum atomic E-state index is 0.322. The summed E-state index contributed by atoms with van der Waals surface area (Å²) in [4.78, 5) is 9.10. The second kappa shape index (κ2) is 4.27. The third kappa shape index (κ3) is 1.81. The van der Waals surface area contributed by atoms with E-state index in [0.29, 0.717) is 11.9 Å². The molecule has 3 heterocycles. The molecule has 0 radical (unpaired) electrons. The van der Waals surface area contributed by atoms with Crippen molar-refractivity contribution in [1.82, 2.24) is 14.5 Å². The van der Waals surface area contributed by atoms with Crippen molar-refractivity contribution in [2.45, 2.75) is 25.3 Å². The Labute approximate surface area is 105 Å². The minimum Gasteiger partial charge on any atom is -0.379 e. The standard InChI is InChI=1S/C12H14ClN3O/c1-8-2-3-10-12(14-8)16(11(6-13)15-10)9-4-5-17-7-9/h2-3,9H,4-7H2,1H3. The van der Waals surface area contributed by atoms with E-state index in [2.05, 4.69) is 14.5 Å². The lowest BCUT2D eigenvalue weighted by Crippen LogP contribution is -2.12. The Morgan fingerprint density at radius 2 is 2.35 bits per heavy atom. The van der Waals surface area contributed by atoms with Crippen LogP contribution in [0.2, 0.25) is 0 Å². The molecule has 2 aromatic rings. The highest BCUT2D eigenvalue weighted by atomic mass is 35.5. The van der Waals surface area contributed by atoms with E-state index in [9.17, 15) is 0 Å². The molecular formula is C12H14ClN3O. The summed E-state index contributed by atoms with van der Waals surface area (Å²) in [5.74, 6) is 1.29. The van der Waals surface area contributed by atoms with Crippen LogP contribution in [0, 0.1) is 6.92 Å². The molecule has 4 nitrogen and oxygen atoms in total. The zero-order valence-electron chi connectivity index (χ0n) is 9.69. The average Bonchev–Trinajstić information content (AvgIpc) is 2.93. The van der Waals surface area contributed by atoms with Crippen LogP contribution in [0.15, 0.2) is 12.1 Å². The van der Waals surface area contributed by atoms with Crippen molar-refractivity contribution in [2.24, 2.45) is 0 Å². The minimum absolute atomic E-state index is 0.322. The van der Waals surface area contributed by atoms with Crippen LogP contribution >= 0.6 is 11.6 Å². The molecule has 0 spiro atoms. The fourth-order valence-corrected chi connectivity index (χ4v) is 2.51. The number of alkyl halides is 1. The number of ether oxygens (including phenoxy) is 1. The Morgan fingerprint density at radius 1 is 1.47 bits per heavy atom. The molecule has 1 atom stereocenters. The van der Waals surface area contributed by atoms with Crippen LogP contribution in [-0.4, -0.2) is 27.7 Å². The molecule has 0 amide bonds. The topological polar surface area (TPSA) is 39.9 Å². The number of hydrogen-bond donors (Lipinski definition) is 0. The van der Waals surface area contributed by atoms with Crippen molar-refractivity contribution in [2.75, 3.05) is 13.2 Å². The lowest BCUT2D eigenvalue weighted by Gasteiger charge is -2.13. The highest BCUT2D eigenvalue weighted by Crippen LogP contribution is 2.26. The summed E-state index contributed by atoms with van der Waals surface area (Å²) in [5.41, 5.74) is 2.84. The van der Waals surface area contributed by atoms with Gasteiger partial charge in [-0.2, -0.15) is 0 Å². The van der Waals surface area contributed by atoms with E-state index in [1.54, 1.807) is 0 Å². The normalized spacial score (nSPS) is 20.2. The van der Waals surface area contributed by atoms with E-state index in [4.69, 9.17) is 16.3 Å². The van der Waals surface area contributed by atoms with E-state index in [1.807, 2.05) is 19.1 Å². The van der Waals surface area contributed by atoms with Crippen LogP contribution in [0.3, 0.4) is 0 Å². The van der Waals surface area contributed by atoms with E-state index in [0.717, 1.165) is 42.3 Å². The summed E-state index contributed by atoms with van der Waals surface area (Å²) >= 11 is 5.97. The first-order chi connectivity index (χ1) is 8.29. The summed E-state index contributed by atoms with van der Waals surface area (Å²) in [5, 5.41) is 0. The second-order valence-electron chi connectivity index (χ2n) is 4.34. The van der Waals surface area contributed by atoms with Gasteiger partial charge in [0.05, 0.1) is 18.5 Å². The summed E-state index contributed by atoms with van der Waals surface area (Å²) < 4.78 is 7.58. The van der Waals surface area contributed by atoms with Gasteiger partial charge in [-0.1, -0.05) is 0 Å². The molecule has 0 aliphatic carbocycles. The van der Waals surface area contributed by atoms with E-state index < -0.39 is 0 Å². The number of fused-ring (bicyclic) bond motifs is 1. The number of hydrogen-bond acceptors (Lipinski definition) is 3. The van der Waals surface area contributed by atoms with Crippen molar-refractivity contribution in [3.05, 3.63) is 23.7 Å². The van der Waals surface area contributed by atoms with Crippen molar-refractivity contribution in [3.8, 4) is 0 Å². The van der Waals surface area contributed by atoms with Crippen LogP contribution in [0.1, 0.15) is 24.0 Å². The number of pyridine rings is 1. The lowest BCUT2D eigenvalue weighted by molar-refractivity contribution is 0.186. The molecule has 0 aromatic carbocycles. The molecule has 0 N–H and O–H groups in total. The molecule has 2 aromatic heterocycles. The summed E-state index contributed by atoms with van der Waals surface area (Å²) in [6.45, 7) is 3.52. The number of imidazole rings is 1. The number of halogens is 1. The molecule has 1 unspecified atom stereocenters. The van der Waals surface area contributed by atoms with Gasteiger partial charge in [-0.25, -0.2) is 9.97 Å². The molecule has 1 aliphatic rings. The maximum atomic E-state index is 5.97. The van der Waals surface area contributed by atoms with Gasteiger partial charge >= 0.3 is 0 Å². The molecule has 0 bridgehead atoms. The molecule has 1 aliphatic heterocycles. The van der Waals surface area contributed by atoms with Gasteiger partial charge in [0.25, 0.3) is 0 Å². The largest absolute Gasteiger partial charge is 0.379 e. The Morgan fingerprint density at radius 3 is 3.06 bits per heavy atom. The van der Waals surface area contributed by atoms with Gasteiger partial charge in [-0.15, -0.1) is 11.6 Å². The predicted octanol–water partition coefficient (Wildman–Crippen LogP) is 2.44. The van der Waals surface area contributed by atoms with Gasteiger partial charge in [-0.3, -0.25) is 0 Å². The van der Waals surface area contributed by atoms with Crippen LogP contribution < -0.4 is 0 Å². The molecule has 1 saturated heterocycles. The first kappa shape index (κ1) is 11.0. The molecule has 5 heteroatoms. The maximum Gasteiger partial charge on any atom is 0.160 e. The van der Waals surface area contributed by atoms with Crippen molar-refractivity contribution in [3.63, 3.8) is 0 Å². The third-order valence-electron chi connectivity index (χ3n) is 3.14. The quantitative estimate of drug-likeness (QED) is 0.770. The molecule has 1 fully saturated rings. The average molecular weight is 252 g/mol. The number of nitrogens with zero attached hydrogens (tertiary/aromatic N) is 3.